The average Bonchev–Trinajstić information content (AvgIpc) is 2.43. The van der Waals surface area contributed by atoms with E-state index in [4.69, 9.17) is 0 Å². The Morgan fingerprint density at radius 2 is 1.63 bits per heavy atom. The smallest absolute Gasteiger partial charge is 0.251 e. The molecule has 0 aliphatic carbocycles. The minimum Gasteiger partial charge on any atom is -0.378 e. The van der Waals surface area contributed by atoms with Crippen LogP contribution in [-0.2, 0) is 4.79 Å². The third-order valence-electron chi connectivity index (χ3n) is 2.70. The number of rotatable bonds is 6. The number of amides is 2. The molecule has 1 aromatic rings. The molecule has 104 valence electrons. The third kappa shape index (κ3) is 4.99. The lowest BCUT2D eigenvalue weighted by molar-refractivity contribution is -0.120. The van der Waals surface area contributed by atoms with Crippen LogP contribution >= 0.6 is 0 Å². The first-order valence-corrected chi connectivity index (χ1v) is 6.37. The lowest BCUT2D eigenvalue weighted by Gasteiger charge is -2.12. The van der Waals surface area contributed by atoms with Crippen molar-refractivity contribution in [1.29, 1.82) is 0 Å². The standard InChI is InChI=1S/C14H21N3O2/c1-4-13(18)15-9-10-16-14(19)11-5-7-12(8-6-11)17(2)3/h5-8H,4,9-10H2,1-3H3,(H,15,18)(H,16,19). The van der Waals surface area contributed by atoms with E-state index in [-0.39, 0.29) is 11.8 Å². The van der Waals surface area contributed by atoms with Gasteiger partial charge in [-0.1, -0.05) is 6.92 Å². The molecule has 2 amide bonds. The van der Waals surface area contributed by atoms with E-state index in [0.29, 0.717) is 25.1 Å². The van der Waals surface area contributed by atoms with E-state index in [1.54, 1.807) is 19.1 Å². The highest BCUT2D eigenvalue weighted by Gasteiger charge is 2.05. The van der Waals surface area contributed by atoms with E-state index in [1.807, 2.05) is 31.1 Å². The van der Waals surface area contributed by atoms with Crippen molar-refractivity contribution in [2.75, 3.05) is 32.1 Å². The highest BCUT2D eigenvalue weighted by atomic mass is 16.2. The van der Waals surface area contributed by atoms with Crippen molar-refractivity contribution in [1.82, 2.24) is 10.6 Å². The summed E-state index contributed by atoms with van der Waals surface area (Å²) in [6.45, 7) is 2.68. The maximum absolute atomic E-state index is 11.8. The Morgan fingerprint density at radius 3 is 2.16 bits per heavy atom. The molecule has 5 nitrogen and oxygen atoms in total. The van der Waals surface area contributed by atoms with E-state index in [2.05, 4.69) is 10.6 Å². The number of nitrogens with zero attached hydrogens (tertiary/aromatic N) is 1. The zero-order chi connectivity index (χ0) is 14.3. The summed E-state index contributed by atoms with van der Waals surface area (Å²) in [7, 11) is 3.90. The van der Waals surface area contributed by atoms with Crippen LogP contribution in [0.2, 0.25) is 0 Å². The molecule has 0 aromatic heterocycles. The van der Waals surface area contributed by atoms with Crippen molar-refractivity contribution in [3.63, 3.8) is 0 Å². The zero-order valence-electron chi connectivity index (χ0n) is 11.7. The SMILES string of the molecule is CCC(=O)NCCNC(=O)c1ccc(N(C)C)cc1. The van der Waals surface area contributed by atoms with Crippen molar-refractivity contribution in [2.24, 2.45) is 0 Å². The Balaban J connectivity index is 2.39. The largest absolute Gasteiger partial charge is 0.378 e. The summed E-state index contributed by atoms with van der Waals surface area (Å²) in [4.78, 5) is 24.8. The molecule has 1 rings (SSSR count). The Bertz CT molecular complexity index is 427. The lowest BCUT2D eigenvalue weighted by atomic mass is 10.2. The van der Waals surface area contributed by atoms with Crippen molar-refractivity contribution < 1.29 is 9.59 Å². The van der Waals surface area contributed by atoms with E-state index in [9.17, 15) is 9.59 Å². The molecular formula is C14H21N3O2. The average molecular weight is 263 g/mol. The molecule has 0 bridgehead atoms. The van der Waals surface area contributed by atoms with Gasteiger partial charge in [-0.15, -0.1) is 0 Å². The molecule has 0 saturated heterocycles. The monoisotopic (exact) mass is 263 g/mol. The summed E-state index contributed by atoms with van der Waals surface area (Å²) in [5.41, 5.74) is 1.67. The number of hydrogen-bond donors (Lipinski definition) is 2. The fourth-order valence-corrected chi connectivity index (χ4v) is 1.52. The van der Waals surface area contributed by atoms with Crippen LogP contribution in [0.4, 0.5) is 5.69 Å². The van der Waals surface area contributed by atoms with Gasteiger partial charge in [-0.2, -0.15) is 0 Å². The van der Waals surface area contributed by atoms with Gasteiger partial charge in [0.25, 0.3) is 5.91 Å². The number of benzene rings is 1. The van der Waals surface area contributed by atoms with Crippen LogP contribution in [0.25, 0.3) is 0 Å². The minimum atomic E-state index is -0.129. The number of nitrogens with one attached hydrogen (secondary N) is 2. The van der Waals surface area contributed by atoms with Gasteiger partial charge in [0, 0.05) is 44.9 Å². The molecule has 5 heteroatoms. The van der Waals surface area contributed by atoms with E-state index in [0.717, 1.165) is 5.69 Å². The quantitative estimate of drug-likeness (QED) is 0.753. The van der Waals surface area contributed by atoms with Crippen LogP contribution in [0.15, 0.2) is 24.3 Å². The second kappa shape index (κ2) is 7.41. The molecule has 0 atom stereocenters. The Labute approximate surface area is 114 Å². The van der Waals surface area contributed by atoms with Gasteiger partial charge in [-0.25, -0.2) is 0 Å². The normalized spacial score (nSPS) is 9.84. The lowest BCUT2D eigenvalue weighted by Crippen LogP contribution is -2.34. The Kier molecular flexibility index (Phi) is 5.85. The summed E-state index contributed by atoms with van der Waals surface area (Å²) in [5, 5.41) is 5.46. The fraction of sp³-hybridized carbons (Fsp3) is 0.429. The Morgan fingerprint density at radius 1 is 1.05 bits per heavy atom. The van der Waals surface area contributed by atoms with Gasteiger partial charge in [-0.05, 0) is 24.3 Å². The second-order valence-electron chi connectivity index (χ2n) is 4.40. The predicted molar refractivity (Wildman–Crippen MR) is 76.4 cm³/mol. The van der Waals surface area contributed by atoms with Gasteiger partial charge < -0.3 is 15.5 Å². The molecule has 0 unspecified atom stereocenters. The molecule has 0 heterocycles. The number of anilines is 1. The summed E-state index contributed by atoms with van der Waals surface area (Å²) in [6.07, 6.45) is 0.458. The summed E-state index contributed by atoms with van der Waals surface area (Å²) >= 11 is 0. The van der Waals surface area contributed by atoms with Crippen LogP contribution in [0.3, 0.4) is 0 Å². The van der Waals surface area contributed by atoms with Crippen molar-refractivity contribution in [3.05, 3.63) is 29.8 Å². The molecule has 2 N–H and O–H groups in total. The molecule has 0 aliphatic rings. The van der Waals surface area contributed by atoms with Gasteiger partial charge in [-0.3, -0.25) is 9.59 Å². The predicted octanol–water partition coefficient (Wildman–Crippen LogP) is 1.01. The maximum Gasteiger partial charge on any atom is 0.251 e. The Hall–Kier alpha value is -2.04. The summed E-state index contributed by atoms with van der Waals surface area (Å²) in [6, 6.07) is 7.37. The maximum atomic E-state index is 11.8. The third-order valence-corrected chi connectivity index (χ3v) is 2.70. The second-order valence-corrected chi connectivity index (χ2v) is 4.40. The van der Waals surface area contributed by atoms with E-state index < -0.39 is 0 Å². The topological polar surface area (TPSA) is 61.4 Å². The van der Waals surface area contributed by atoms with Gasteiger partial charge in [0.05, 0.1) is 0 Å². The van der Waals surface area contributed by atoms with Crippen molar-refractivity contribution in [3.8, 4) is 0 Å². The first-order valence-electron chi connectivity index (χ1n) is 6.37. The highest BCUT2D eigenvalue weighted by Crippen LogP contribution is 2.11. The molecule has 0 fully saturated rings. The molecule has 1 aromatic carbocycles. The van der Waals surface area contributed by atoms with Crippen LogP contribution < -0.4 is 15.5 Å². The number of carbonyl (C=O) groups excluding carboxylic acids is 2. The van der Waals surface area contributed by atoms with Crippen LogP contribution in [0.1, 0.15) is 23.7 Å². The summed E-state index contributed by atoms with van der Waals surface area (Å²) < 4.78 is 0. The molecule has 19 heavy (non-hydrogen) atoms. The van der Waals surface area contributed by atoms with Crippen molar-refractivity contribution >= 4 is 17.5 Å². The first kappa shape index (κ1) is 15.0. The van der Waals surface area contributed by atoms with Gasteiger partial charge in [0.2, 0.25) is 5.91 Å². The fourth-order valence-electron chi connectivity index (χ4n) is 1.52. The number of hydrogen-bond acceptors (Lipinski definition) is 3. The molecule has 0 radical (unpaired) electrons. The van der Waals surface area contributed by atoms with Gasteiger partial charge >= 0.3 is 0 Å². The molecule has 0 saturated carbocycles. The van der Waals surface area contributed by atoms with Gasteiger partial charge in [0.1, 0.15) is 0 Å². The van der Waals surface area contributed by atoms with Crippen molar-refractivity contribution in [2.45, 2.75) is 13.3 Å². The van der Waals surface area contributed by atoms with E-state index >= 15 is 0 Å². The van der Waals surface area contributed by atoms with Gasteiger partial charge in [0.15, 0.2) is 0 Å². The minimum absolute atomic E-state index is 0.00964. The van der Waals surface area contributed by atoms with E-state index in [1.165, 1.54) is 0 Å². The number of carbonyl (C=O) groups is 2. The molecule has 0 spiro atoms. The van der Waals surface area contributed by atoms with Crippen LogP contribution in [-0.4, -0.2) is 39.0 Å². The first-order chi connectivity index (χ1) is 9.04. The molecular weight excluding hydrogens is 242 g/mol. The van der Waals surface area contributed by atoms with Crippen LogP contribution in [0, 0.1) is 0 Å². The highest BCUT2D eigenvalue weighted by molar-refractivity contribution is 5.94. The molecule has 0 aliphatic heterocycles. The van der Waals surface area contributed by atoms with Crippen LogP contribution in [0.5, 0.6) is 0 Å². The summed E-state index contributed by atoms with van der Waals surface area (Å²) in [5.74, 6) is -0.138. The zero-order valence-corrected chi connectivity index (χ0v) is 11.7.